The summed E-state index contributed by atoms with van der Waals surface area (Å²) < 4.78 is 17.6. The number of hydrogen-bond acceptors (Lipinski definition) is 4. The summed E-state index contributed by atoms with van der Waals surface area (Å²) in [4.78, 5) is 2.07. The van der Waals surface area contributed by atoms with Crippen molar-refractivity contribution in [2.45, 2.75) is 13.2 Å². The highest BCUT2D eigenvalue weighted by molar-refractivity contribution is 7.71. The van der Waals surface area contributed by atoms with Crippen molar-refractivity contribution in [2.75, 3.05) is 7.05 Å². The third-order valence-electron chi connectivity index (χ3n) is 4.84. The third kappa shape index (κ3) is 4.61. The molecule has 0 aliphatic rings. The minimum absolute atomic E-state index is 0.303. The fraction of sp³-hybridized carbons (Fsp3) is 0.125. The van der Waals surface area contributed by atoms with Crippen LogP contribution in [0, 0.1) is 21.9 Å². The van der Waals surface area contributed by atoms with Crippen LogP contribution in [0.1, 0.15) is 11.1 Å². The van der Waals surface area contributed by atoms with Gasteiger partial charge < -0.3 is 0 Å². The molecule has 0 bridgehead atoms. The molecule has 0 amide bonds. The Balaban J connectivity index is 1.69. The first-order chi connectivity index (χ1) is 15.0. The Morgan fingerprint density at radius 3 is 2.48 bits per heavy atom. The largest absolute Gasteiger partial charge is 0.283 e. The molecule has 0 saturated carbocycles. The Bertz CT molecular complexity index is 1290. The van der Waals surface area contributed by atoms with Crippen molar-refractivity contribution < 1.29 is 4.39 Å². The Labute approximate surface area is 185 Å². The smallest absolute Gasteiger partial charge is 0.204 e. The van der Waals surface area contributed by atoms with E-state index in [0.717, 1.165) is 16.8 Å². The van der Waals surface area contributed by atoms with Gasteiger partial charge in [0.15, 0.2) is 5.82 Å². The van der Waals surface area contributed by atoms with Crippen molar-refractivity contribution in [3.63, 3.8) is 0 Å². The predicted molar refractivity (Wildman–Crippen MR) is 120 cm³/mol. The topological polar surface area (TPSA) is 49.8 Å². The molecule has 0 spiro atoms. The van der Waals surface area contributed by atoms with E-state index in [9.17, 15) is 4.39 Å². The van der Waals surface area contributed by atoms with Gasteiger partial charge >= 0.3 is 0 Å². The fourth-order valence-electron chi connectivity index (χ4n) is 3.43. The van der Waals surface area contributed by atoms with Gasteiger partial charge in [0, 0.05) is 12.1 Å². The second kappa shape index (κ2) is 9.04. The third-order valence-corrected chi connectivity index (χ3v) is 5.23. The number of benzene rings is 3. The number of halogens is 1. The summed E-state index contributed by atoms with van der Waals surface area (Å²) in [7, 11) is 1.97. The van der Waals surface area contributed by atoms with E-state index in [2.05, 4.69) is 11.0 Å². The average Bonchev–Trinajstić information content (AvgIpc) is 3.11. The summed E-state index contributed by atoms with van der Waals surface area (Å²) in [6, 6.07) is 25.7. The quantitative estimate of drug-likeness (QED) is 0.397. The van der Waals surface area contributed by atoms with Crippen LogP contribution in [-0.4, -0.2) is 26.3 Å². The van der Waals surface area contributed by atoms with Gasteiger partial charge in [-0.1, -0.05) is 42.5 Å². The van der Waals surface area contributed by atoms with Gasteiger partial charge in [-0.3, -0.25) is 9.47 Å². The molecule has 4 aromatic rings. The van der Waals surface area contributed by atoms with Gasteiger partial charge in [0.1, 0.15) is 5.82 Å². The molecule has 31 heavy (non-hydrogen) atoms. The van der Waals surface area contributed by atoms with Crippen LogP contribution in [-0.2, 0) is 13.2 Å². The van der Waals surface area contributed by atoms with E-state index in [-0.39, 0.29) is 5.82 Å². The minimum Gasteiger partial charge on any atom is -0.283 e. The maximum atomic E-state index is 13.5. The molecule has 0 aliphatic carbocycles. The Morgan fingerprint density at radius 1 is 1.03 bits per heavy atom. The number of aromatic nitrogens is 3. The molecule has 0 N–H and O–H groups in total. The molecule has 0 radical (unpaired) electrons. The van der Waals surface area contributed by atoms with Crippen LogP contribution < -0.4 is 0 Å². The molecule has 3 aromatic carbocycles. The Hall–Kier alpha value is -3.60. The number of nitriles is 1. The van der Waals surface area contributed by atoms with Crippen LogP contribution in [0.4, 0.5) is 4.39 Å². The number of nitrogens with zero attached hydrogens (tertiary/aromatic N) is 5. The van der Waals surface area contributed by atoms with Crippen molar-refractivity contribution in [1.29, 1.82) is 5.26 Å². The highest BCUT2D eigenvalue weighted by Gasteiger charge is 2.15. The average molecular weight is 430 g/mol. The number of hydrogen-bond donors (Lipinski definition) is 0. The molecule has 1 aromatic heterocycles. The lowest BCUT2D eigenvalue weighted by atomic mass is 10.1. The highest BCUT2D eigenvalue weighted by Crippen LogP contribution is 2.23. The van der Waals surface area contributed by atoms with Gasteiger partial charge in [0.2, 0.25) is 4.77 Å². The molecule has 0 aliphatic heterocycles. The van der Waals surface area contributed by atoms with Crippen molar-refractivity contribution in [2.24, 2.45) is 0 Å². The van der Waals surface area contributed by atoms with E-state index in [1.54, 1.807) is 22.9 Å². The van der Waals surface area contributed by atoms with Crippen LogP contribution in [0.15, 0.2) is 78.9 Å². The van der Waals surface area contributed by atoms with Crippen LogP contribution in [0.2, 0.25) is 0 Å². The van der Waals surface area contributed by atoms with Gasteiger partial charge in [-0.15, -0.1) is 5.10 Å². The Kier molecular flexibility index (Phi) is 6.03. The highest BCUT2D eigenvalue weighted by atomic mass is 32.1. The summed E-state index contributed by atoms with van der Waals surface area (Å²) in [5.41, 5.74) is 3.34. The zero-order valence-electron chi connectivity index (χ0n) is 16.9. The lowest BCUT2D eigenvalue weighted by Gasteiger charge is -2.16. The zero-order chi connectivity index (χ0) is 21.8. The molecule has 0 atom stereocenters. The molecular weight excluding hydrogens is 409 g/mol. The molecule has 0 fully saturated rings. The van der Waals surface area contributed by atoms with Crippen molar-refractivity contribution in [3.8, 4) is 23.1 Å². The monoisotopic (exact) mass is 429 g/mol. The first kappa shape index (κ1) is 20.7. The molecule has 7 heteroatoms. The fourth-order valence-corrected chi connectivity index (χ4v) is 3.72. The van der Waals surface area contributed by atoms with E-state index < -0.39 is 0 Å². The molecule has 1 heterocycles. The van der Waals surface area contributed by atoms with Crippen LogP contribution in [0.25, 0.3) is 17.1 Å². The second-order valence-corrected chi connectivity index (χ2v) is 7.62. The van der Waals surface area contributed by atoms with Crippen LogP contribution in [0.5, 0.6) is 0 Å². The van der Waals surface area contributed by atoms with E-state index in [1.807, 2.05) is 60.1 Å². The molecule has 0 unspecified atom stereocenters. The SMILES string of the molecule is CN(Cc1cccc(C#N)c1)Cn1nc(-c2ccccc2)n(-c2ccc(F)cc2)c1=S. The molecule has 0 saturated heterocycles. The van der Waals surface area contributed by atoms with E-state index in [1.165, 1.54) is 12.1 Å². The maximum absolute atomic E-state index is 13.5. The predicted octanol–water partition coefficient (Wildman–Crippen LogP) is 5.17. The zero-order valence-corrected chi connectivity index (χ0v) is 17.8. The van der Waals surface area contributed by atoms with Crippen molar-refractivity contribution in [3.05, 3.63) is 101 Å². The first-order valence-electron chi connectivity index (χ1n) is 9.74. The molecule has 154 valence electrons. The van der Waals surface area contributed by atoms with Gasteiger partial charge in [0.05, 0.1) is 24.0 Å². The maximum Gasteiger partial charge on any atom is 0.204 e. The van der Waals surface area contributed by atoms with E-state index >= 15 is 0 Å². The summed E-state index contributed by atoms with van der Waals surface area (Å²) >= 11 is 5.75. The summed E-state index contributed by atoms with van der Waals surface area (Å²) in [5.74, 6) is 0.389. The normalized spacial score (nSPS) is 10.9. The van der Waals surface area contributed by atoms with E-state index in [0.29, 0.717) is 29.4 Å². The minimum atomic E-state index is -0.303. The lowest BCUT2D eigenvalue weighted by molar-refractivity contribution is 0.244. The first-order valence-corrected chi connectivity index (χ1v) is 10.1. The molecule has 4 rings (SSSR count). The van der Waals surface area contributed by atoms with Gasteiger partial charge in [-0.05, 0) is 61.2 Å². The second-order valence-electron chi connectivity index (χ2n) is 7.25. The van der Waals surface area contributed by atoms with Crippen molar-refractivity contribution >= 4 is 12.2 Å². The van der Waals surface area contributed by atoms with Crippen LogP contribution in [0.3, 0.4) is 0 Å². The van der Waals surface area contributed by atoms with E-state index in [4.69, 9.17) is 22.6 Å². The molecule has 5 nitrogen and oxygen atoms in total. The van der Waals surface area contributed by atoms with Gasteiger partial charge in [-0.2, -0.15) is 5.26 Å². The van der Waals surface area contributed by atoms with Crippen LogP contribution >= 0.6 is 12.2 Å². The lowest BCUT2D eigenvalue weighted by Crippen LogP contribution is -2.22. The Morgan fingerprint density at radius 2 is 1.77 bits per heavy atom. The standard InChI is InChI=1S/C24H20FN5S/c1-28(16-19-7-5-6-18(14-19)15-26)17-29-24(31)30(22-12-10-21(25)11-13-22)23(27-29)20-8-3-2-4-9-20/h2-14H,16-17H2,1H3. The molecular formula is C24H20FN5S. The summed E-state index contributed by atoms with van der Waals surface area (Å²) in [6.45, 7) is 1.10. The van der Waals surface area contributed by atoms with Crippen molar-refractivity contribution in [1.82, 2.24) is 19.2 Å². The summed E-state index contributed by atoms with van der Waals surface area (Å²) in [6.07, 6.45) is 0. The number of rotatable bonds is 6. The van der Waals surface area contributed by atoms with Gasteiger partial charge in [-0.25, -0.2) is 9.07 Å². The van der Waals surface area contributed by atoms with Gasteiger partial charge in [0.25, 0.3) is 0 Å². The summed E-state index contributed by atoms with van der Waals surface area (Å²) in [5, 5.41) is 13.9.